The highest BCUT2D eigenvalue weighted by atomic mass is 16.5. The Balaban J connectivity index is 1.34. The molecule has 40 heavy (non-hydrogen) atoms. The number of hydrogen-bond acceptors (Lipinski definition) is 5. The van der Waals surface area contributed by atoms with Crippen molar-refractivity contribution in [3.8, 4) is 11.4 Å². The van der Waals surface area contributed by atoms with E-state index in [0.717, 1.165) is 27.7 Å². The highest BCUT2D eigenvalue weighted by Crippen LogP contribution is 2.32. The predicted molar refractivity (Wildman–Crippen MR) is 156 cm³/mol. The Labute approximate surface area is 234 Å². The molecule has 0 saturated carbocycles. The first-order valence-corrected chi connectivity index (χ1v) is 13.5. The number of urea groups is 1. The highest BCUT2D eigenvalue weighted by molar-refractivity contribution is 6.07. The van der Waals surface area contributed by atoms with Crippen molar-refractivity contribution in [1.29, 1.82) is 0 Å². The Kier molecular flexibility index (Phi) is 7.75. The molecule has 4 aromatic rings. The summed E-state index contributed by atoms with van der Waals surface area (Å²) in [6.45, 7) is 10.4. The Morgan fingerprint density at radius 2 is 1.77 bits per heavy atom. The summed E-state index contributed by atoms with van der Waals surface area (Å²) in [5.74, 6) is 1.25. The van der Waals surface area contributed by atoms with E-state index in [1.54, 1.807) is 9.58 Å². The number of rotatable bonds is 7. The summed E-state index contributed by atoms with van der Waals surface area (Å²) in [7, 11) is 0. The maximum atomic E-state index is 13.3. The van der Waals surface area contributed by atoms with Gasteiger partial charge in [-0.15, -0.1) is 0 Å². The summed E-state index contributed by atoms with van der Waals surface area (Å²) in [4.78, 5) is 27.0. The van der Waals surface area contributed by atoms with Crippen LogP contribution < -0.4 is 15.4 Å². The van der Waals surface area contributed by atoms with Crippen molar-refractivity contribution < 1.29 is 19.1 Å². The molecule has 1 aromatic heterocycles. The molecule has 3 aromatic carbocycles. The number of ether oxygens (including phenoxy) is 2. The summed E-state index contributed by atoms with van der Waals surface area (Å²) in [6, 6.07) is 20.9. The topological polar surface area (TPSA) is 97.7 Å². The van der Waals surface area contributed by atoms with E-state index in [4.69, 9.17) is 14.6 Å². The van der Waals surface area contributed by atoms with E-state index in [2.05, 4.69) is 31.4 Å². The van der Waals surface area contributed by atoms with E-state index in [9.17, 15) is 9.59 Å². The van der Waals surface area contributed by atoms with Gasteiger partial charge in [-0.1, -0.05) is 63.2 Å². The van der Waals surface area contributed by atoms with Gasteiger partial charge in [0, 0.05) is 28.8 Å². The first-order valence-electron chi connectivity index (χ1n) is 13.5. The maximum Gasteiger partial charge on any atom is 0.324 e. The van der Waals surface area contributed by atoms with Crippen molar-refractivity contribution in [2.75, 3.05) is 43.5 Å². The molecule has 0 spiro atoms. The molecule has 1 fully saturated rings. The smallest absolute Gasteiger partial charge is 0.324 e. The Bertz CT molecular complexity index is 1540. The lowest BCUT2D eigenvalue weighted by Crippen LogP contribution is -2.43. The quantitative estimate of drug-likeness (QED) is 0.321. The molecule has 1 saturated heterocycles. The lowest BCUT2D eigenvalue weighted by molar-refractivity contribution is -0.143. The van der Waals surface area contributed by atoms with Crippen LogP contribution in [0.3, 0.4) is 0 Å². The van der Waals surface area contributed by atoms with E-state index in [1.165, 1.54) is 0 Å². The number of fused-ring (bicyclic) bond motifs is 1. The van der Waals surface area contributed by atoms with Crippen molar-refractivity contribution in [3.05, 3.63) is 78.0 Å². The Morgan fingerprint density at radius 3 is 2.52 bits per heavy atom. The number of carbonyl (C=O) groups excluding carboxylic acids is 2. The summed E-state index contributed by atoms with van der Waals surface area (Å²) < 4.78 is 13.0. The average molecular weight is 542 g/mol. The molecule has 208 valence electrons. The van der Waals surface area contributed by atoms with Crippen LogP contribution in [0, 0.1) is 6.92 Å². The largest absolute Gasteiger partial charge is 0.491 e. The summed E-state index contributed by atoms with van der Waals surface area (Å²) in [5.41, 5.74) is 3.29. The minimum Gasteiger partial charge on any atom is -0.491 e. The number of aryl methyl sites for hydroxylation is 1. The number of amides is 3. The molecule has 0 aliphatic carbocycles. The molecule has 0 unspecified atom stereocenters. The van der Waals surface area contributed by atoms with Gasteiger partial charge in [0.1, 0.15) is 24.8 Å². The molecule has 9 heteroatoms. The predicted octanol–water partition coefficient (Wildman–Crippen LogP) is 5.51. The molecule has 1 aliphatic rings. The van der Waals surface area contributed by atoms with Crippen LogP contribution in [-0.2, 0) is 14.9 Å². The van der Waals surface area contributed by atoms with Gasteiger partial charge >= 0.3 is 6.03 Å². The third kappa shape index (κ3) is 5.94. The lowest BCUT2D eigenvalue weighted by atomic mass is 9.92. The number of carbonyl (C=O) groups is 2. The van der Waals surface area contributed by atoms with Crippen molar-refractivity contribution in [1.82, 2.24) is 14.7 Å². The van der Waals surface area contributed by atoms with Crippen LogP contribution in [0.15, 0.2) is 66.7 Å². The normalized spacial score (nSPS) is 13.9. The SMILES string of the molecule is Cc1ccccc1-n1nc(C(C)(C)C)cc1NC(=O)Nc1ccc(OCCN2CCOCC2=O)c2ccccc12. The summed E-state index contributed by atoms with van der Waals surface area (Å²) in [5, 5.41) is 12.5. The van der Waals surface area contributed by atoms with Crippen LogP contribution >= 0.6 is 0 Å². The van der Waals surface area contributed by atoms with E-state index in [-0.39, 0.29) is 24.0 Å². The number of hydrogen-bond donors (Lipinski definition) is 2. The zero-order valence-electron chi connectivity index (χ0n) is 23.4. The number of aromatic nitrogens is 2. The molecule has 0 bridgehead atoms. The molecule has 9 nitrogen and oxygen atoms in total. The van der Waals surface area contributed by atoms with Gasteiger partial charge in [-0.05, 0) is 30.7 Å². The average Bonchev–Trinajstić information content (AvgIpc) is 3.35. The summed E-state index contributed by atoms with van der Waals surface area (Å²) in [6.07, 6.45) is 0. The first-order chi connectivity index (χ1) is 19.2. The van der Waals surface area contributed by atoms with Crippen LogP contribution in [0.5, 0.6) is 5.75 Å². The van der Waals surface area contributed by atoms with Gasteiger partial charge in [-0.3, -0.25) is 10.1 Å². The van der Waals surface area contributed by atoms with Crippen LogP contribution in [-0.4, -0.2) is 59.5 Å². The second-order valence-corrected chi connectivity index (χ2v) is 10.9. The molecular weight excluding hydrogens is 506 g/mol. The second-order valence-electron chi connectivity index (χ2n) is 10.9. The fourth-order valence-electron chi connectivity index (χ4n) is 4.65. The molecule has 0 radical (unpaired) electrons. The molecule has 1 aliphatic heterocycles. The standard InChI is InChI=1S/C31H35N5O4/c1-21-9-5-8-12-25(21)36-28(19-27(34-36)31(2,3)4)33-30(38)32-24-13-14-26(23-11-7-6-10-22(23)24)40-18-16-35-15-17-39-20-29(35)37/h5-14,19H,15-18,20H2,1-4H3,(H2,32,33,38). The van der Waals surface area contributed by atoms with Crippen molar-refractivity contribution >= 4 is 34.2 Å². The van der Waals surface area contributed by atoms with Crippen LogP contribution in [0.4, 0.5) is 16.3 Å². The van der Waals surface area contributed by atoms with Crippen LogP contribution in [0.2, 0.25) is 0 Å². The number of nitrogens with zero attached hydrogens (tertiary/aromatic N) is 3. The van der Waals surface area contributed by atoms with Gasteiger partial charge in [0.25, 0.3) is 0 Å². The summed E-state index contributed by atoms with van der Waals surface area (Å²) >= 11 is 0. The zero-order chi connectivity index (χ0) is 28.3. The van der Waals surface area contributed by atoms with Crippen molar-refractivity contribution in [2.45, 2.75) is 33.1 Å². The van der Waals surface area contributed by atoms with E-state index in [0.29, 0.717) is 43.6 Å². The fourth-order valence-corrected chi connectivity index (χ4v) is 4.65. The molecule has 0 atom stereocenters. The van der Waals surface area contributed by atoms with Crippen molar-refractivity contribution in [2.24, 2.45) is 0 Å². The number of morpholine rings is 1. The molecule has 3 amide bonds. The lowest BCUT2D eigenvalue weighted by Gasteiger charge is -2.26. The van der Waals surface area contributed by atoms with E-state index >= 15 is 0 Å². The van der Waals surface area contributed by atoms with Gasteiger partial charge < -0.3 is 19.7 Å². The number of benzene rings is 3. The van der Waals surface area contributed by atoms with Gasteiger partial charge in [0.15, 0.2) is 0 Å². The van der Waals surface area contributed by atoms with Gasteiger partial charge in [0.2, 0.25) is 5.91 Å². The second kappa shape index (κ2) is 11.4. The van der Waals surface area contributed by atoms with Crippen LogP contribution in [0.25, 0.3) is 16.5 Å². The van der Waals surface area contributed by atoms with Gasteiger partial charge in [0.05, 0.1) is 30.2 Å². The third-order valence-corrected chi connectivity index (χ3v) is 6.90. The van der Waals surface area contributed by atoms with Crippen LogP contribution in [0.1, 0.15) is 32.0 Å². The van der Waals surface area contributed by atoms with E-state index in [1.807, 2.05) is 73.7 Å². The van der Waals surface area contributed by atoms with Gasteiger partial charge in [-0.2, -0.15) is 5.10 Å². The molecule has 5 rings (SSSR count). The molecular formula is C31H35N5O4. The van der Waals surface area contributed by atoms with Gasteiger partial charge in [-0.25, -0.2) is 9.48 Å². The Morgan fingerprint density at radius 1 is 1.02 bits per heavy atom. The minimum atomic E-state index is -0.375. The zero-order valence-corrected chi connectivity index (χ0v) is 23.4. The number of anilines is 2. The minimum absolute atomic E-state index is 0.0244. The first kappa shape index (κ1) is 27.2. The third-order valence-electron chi connectivity index (χ3n) is 6.90. The molecule has 2 heterocycles. The monoisotopic (exact) mass is 541 g/mol. The fraction of sp³-hybridized carbons (Fsp3) is 0.323. The highest BCUT2D eigenvalue weighted by Gasteiger charge is 2.22. The number of nitrogens with one attached hydrogen (secondary N) is 2. The van der Waals surface area contributed by atoms with E-state index < -0.39 is 0 Å². The molecule has 2 N–H and O–H groups in total. The number of para-hydroxylation sites is 1. The van der Waals surface area contributed by atoms with Crippen molar-refractivity contribution in [3.63, 3.8) is 0 Å². The maximum absolute atomic E-state index is 13.3. The Hall–Kier alpha value is -4.37.